The lowest BCUT2D eigenvalue weighted by atomic mass is 10.1. The highest BCUT2D eigenvalue weighted by Crippen LogP contribution is 2.24. The van der Waals surface area contributed by atoms with Crippen LogP contribution in [0, 0.1) is 5.92 Å². The first-order valence-electron chi connectivity index (χ1n) is 8.14. The van der Waals surface area contributed by atoms with E-state index in [4.69, 9.17) is 0 Å². The van der Waals surface area contributed by atoms with Crippen LogP contribution in [0.4, 0.5) is 0 Å². The zero-order valence-corrected chi connectivity index (χ0v) is 13.4. The summed E-state index contributed by atoms with van der Waals surface area (Å²) in [5.74, 6) is 0.711. The first kappa shape index (κ1) is 15.5. The molecule has 20 heavy (non-hydrogen) atoms. The predicted molar refractivity (Wildman–Crippen MR) is 86.7 cm³/mol. The predicted octanol–water partition coefficient (Wildman–Crippen LogP) is 3.81. The van der Waals surface area contributed by atoms with Crippen molar-refractivity contribution in [3.63, 3.8) is 0 Å². The fourth-order valence-electron chi connectivity index (χ4n) is 3.12. The van der Waals surface area contributed by atoms with Crippen LogP contribution in [-0.4, -0.2) is 24.5 Å². The average molecular weight is 274 g/mol. The smallest absolute Gasteiger partial charge is 0.0236 e. The summed E-state index contributed by atoms with van der Waals surface area (Å²) in [6.07, 6.45) is 5.58. The van der Waals surface area contributed by atoms with E-state index in [-0.39, 0.29) is 0 Å². The van der Waals surface area contributed by atoms with Gasteiger partial charge < -0.3 is 5.32 Å². The second-order valence-electron chi connectivity index (χ2n) is 6.65. The highest BCUT2D eigenvalue weighted by molar-refractivity contribution is 5.27. The van der Waals surface area contributed by atoms with Crippen molar-refractivity contribution in [2.75, 3.05) is 13.6 Å². The van der Waals surface area contributed by atoms with Gasteiger partial charge in [0.1, 0.15) is 0 Å². The second-order valence-corrected chi connectivity index (χ2v) is 6.65. The Morgan fingerprint density at radius 3 is 2.45 bits per heavy atom. The Morgan fingerprint density at radius 2 is 1.80 bits per heavy atom. The molecule has 0 radical (unpaired) electrons. The van der Waals surface area contributed by atoms with Gasteiger partial charge in [0.15, 0.2) is 0 Å². The van der Waals surface area contributed by atoms with Gasteiger partial charge in [0.25, 0.3) is 0 Å². The van der Waals surface area contributed by atoms with Crippen LogP contribution in [0.25, 0.3) is 0 Å². The largest absolute Gasteiger partial charge is 0.312 e. The molecule has 0 heterocycles. The van der Waals surface area contributed by atoms with Gasteiger partial charge in [-0.2, -0.15) is 0 Å². The van der Waals surface area contributed by atoms with Gasteiger partial charge in [0, 0.05) is 19.1 Å². The number of nitrogens with zero attached hydrogens (tertiary/aromatic N) is 1. The van der Waals surface area contributed by atoms with Crippen molar-refractivity contribution in [2.45, 2.75) is 58.7 Å². The summed E-state index contributed by atoms with van der Waals surface area (Å²) in [6.45, 7) is 7.68. The van der Waals surface area contributed by atoms with E-state index in [1.807, 2.05) is 0 Å². The number of nitrogens with one attached hydrogen (secondary N) is 1. The number of rotatable bonds is 7. The summed E-state index contributed by atoms with van der Waals surface area (Å²) < 4.78 is 0. The maximum Gasteiger partial charge on any atom is 0.0236 e. The Morgan fingerprint density at radius 1 is 1.15 bits per heavy atom. The molecule has 0 spiro atoms. The summed E-state index contributed by atoms with van der Waals surface area (Å²) in [6, 6.07) is 9.68. The summed E-state index contributed by atoms with van der Waals surface area (Å²) in [7, 11) is 2.29. The van der Waals surface area contributed by atoms with Crippen molar-refractivity contribution in [1.82, 2.24) is 10.2 Å². The first-order chi connectivity index (χ1) is 9.66. The lowest BCUT2D eigenvalue weighted by Gasteiger charge is -2.25. The minimum absolute atomic E-state index is 0.711. The topological polar surface area (TPSA) is 15.3 Å². The SMILES string of the molecule is CC(C)CNCc1ccccc1CN(C)C1CCCC1. The van der Waals surface area contributed by atoms with E-state index in [0.29, 0.717) is 5.92 Å². The Kier molecular flexibility index (Phi) is 6.06. The van der Waals surface area contributed by atoms with Gasteiger partial charge in [0.05, 0.1) is 0 Å². The van der Waals surface area contributed by atoms with Crippen molar-refractivity contribution in [3.8, 4) is 0 Å². The molecule has 0 atom stereocenters. The summed E-state index contributed by atoms with van der Waals surface area (Å²) in [4.78, 5) is 2.55. The van der Waals surface area contributed by atoms with E-state index < -0.39 is 0 Å². The molecular weight excluding hydrogens is 244 g/mol. The van der Waals surface area contributed by atoms with Crippen molar-refractivity contribution in [3.05, 3.63) is 35.4 Å². The summed E-state index contributed by atoms with van der Waals surface area (Å²) in [5.41, 5.74) is 2.94. The van der Waals surface area contributed by atoms with Crippen LogP contribution >= 0.6 is 0 Å². The van der Waals surface area contributed by atoms with Crippen LogP contribution in [0.2, 0.25) is 0 Å². The molecule has 1 saturated carbocycles. The fraction of sp³-hybridized carbons (Fsp3) is 0.667. The van der Waals surface area contributed by atoms with Gasteiger partial charge in [-0.3, -0.25) is 4.90 Å². The Labute approximate surface area is 124 Å². The molecule has 0 aliphatic heterocycles. The molecule has 1 fully saturated rings. The van der Waals surface area contributed by atoms with Crippen LogP contribution < -0.4 is 5.32 Å². The molecule has 0 amide bonds. The monoisotopic (exact) mass is 274 g/mol. The minimum atomic E-state index is 0.711. The zero-order valence-electron chi connectivity index (χ0n) is 13.4. The Hall–Kier alpha value is -0.860. The van der Waals surface area contributed by atoms with E-state index in [1.54, 1.807) is 0 Å². The number of benzene rings is 1. The average Bonchev–Trinajstić information content (AvgIpc) is 2.94. The number of hydrogen-bond donors (Lipinski definition) is 1. The standard InChI is InChI=1S/C18H30N2/c1-15(2)12-19-13-16-8-4-5-9-17(16)14-20(3)18-10-6-7-11-18/h4-5,8-9,15,18-19H,6-7,10-14H2,1-3H3. The molecule has 1 aliphatic rings. The van der Waals surface area contributed by atoms with E-state index in [0.717, 1.165) is 25.7 Å². The van der Waals surface area contributed by atoms with Gasteiger partial charge in [-0.05, 0) is 43.5 Å². The Balaban J connectivity index is 1.92. The van der Waals surface area contributed by atoms with E-state index in [9.17, 15) is 0 Å². The first-order valence-corrected chi connectivity index (χ1v) is 8.14. The van der Waals surface area contributed by atoms with Crippen LogP contribution in [0.15, 0.2) is 24.3 Å². The third-order valence-electron chi connectivity index (χ3n) is 4.35. The van der Waals surface area contributed by atoms with E-state index >= 15 is 0 Å². The van der Waals surface area contributed by atoms with Crippen LogP contribution in [0.3, 0.4) is 0 Å². The number of hydrogen-bond acceptors (Lipinski definition) is 2. The van der Waals surface area contributed by atoms with Crippen LogP contribution in [0.5, 0.6) is 0 Å². The third kappa shape index (κ3) is 4.60. The molecule has 2 nitrogen and oxygen atoms in total. The second kappa shape index (κ2) is 7.80. The maximum atomic E-state index is 3.57. The third-order valence-corrected chi connectivity index (χ3v) is 4.35. The molecule has 0 aromatic heterocycles. The molecule has 1 aromatic rings. The van der Waals surface area contributed by atoms with Crippen molar-refractivity contribution in [1.29, 1.82) is 0 Å². The molecule has 1 aliphatic carbocycles. The van der Waals surface area contributed by atoms with Gasteiger partial charge in [0.2, 0.25) is 0 Å². The lowest BCUT2D eigenvalue weighted by molar-refractivity contribution is 0.236. The van der Waals surface area contributed by atoms with Crippen LogP contribution in [0.1, 0.15) is 50.7 Å². The normalized spacial score (nSPS) is 16.4. The van der Waals surface area contributed by atoms with Gasteiger partial charge >= 0.3 is 0 Å². The molecule has 0 saturated heterocycles. The minimum Gasteiger partial charge on any atom is -0.312 e. The van der Waals surface area contributed by atoms with Crippen molar-refractivity contribution in [2.24, 2.45) is 5.92 Å². The van der Waals surface area contributed by atoms with Gasteiger partial charge in [-0.25, -0.2) is 0 Å². The van der Waals surface area contributed by atoms with E-state index in [1.165, 1.54) is 36.8 Å². The zero-order chi connectivity index (χ0) is 14.4. The Bertz CT molecular complexity index is 394. The van der Waals surface area contributed by atoms with Gasteiger partial charge in [-0.1, -0.05) is 51.0 Å². The summed E-state index contributed by atoms with van der Waals surface area (Å²) in [5, 5.41) is 3.57. The molecule has 1 N–H and O–H groups in total. The molecule has 112 valence electrons. The van der Waals surface area contributed by atoms with E-state index in [2.05, 4.69) is 55.4 Å². The molecule has 0 bridgehead atoms. The molecule has 0 unspecified atom stereocenters. The quantitative estimate of drug-likeness (QED) is 0.813. The summed E-state index contributed by atoms with van der Waals surface area (Å²) >= 11 is 0. The molecule has 2 rings (SSSR count). The van der Waals surface area contributed by atoms with Crippen molar-refractivity contribution >= 4 is 0 Å². The lowest BCUT2D eigenvalue weighted by Crippen LogP contribution is -2.29. The molecule has 2 heteroatoms. The van der Waals surface area contributed by atoms with Gasteiger partial charge in [-0.15, -0.1) is 0 Å². The van der Waals surface area contributed by atoms with Crippen molar-refractivity contribution < 1.29 is 0 Å². The maximum absolute atomic E-state index is 3.57. The molecule has 1 aromatic carbocycles. The fourth-order valence-corrected chi connectivity index (χ4v) is 3.12. The highest BCUT2D eigenvalue weighted by atomic mass is 15.1. The van der Waals surface area contributed by atoms with Crippen LogP contribution in [-0.2, 0) is 13.1 Å². The highest BCUT2D eigenvalue weighted by Gasteiger charge is 2.19. The molecular formula is C18H30N2.